The molecular weight excluding hydrogens is 222 g/mol. The Balaban J connectivity index is 3.81. The van der Waals surface area contributed by atoms with Crippen molar-refractivity contribution >= 4 is 16.1 Å². The molecule has 0 spiro atoms. The van der Waals surface area contributed by atoms with Crippen LogP contribution in [0.2, 0.25) is 0 Å². The van der Waals surface area contributed by atoms with Gasteiger partial charge in [-0.05, 0) is 0 Å². The minimum absolute atomic E-state index is 0.274. The fourth-order valence-corrected chi connectivity index (χ4v) is 1.21. The summed E-state index contributed by atoms with van der Waals surface area (Å²) in [4.78, 5) is 11.1. The highest BCUT2D eigenvalue weighted by molar-refractivity contribution is 7.87. The average molecular weight is 239 g/mol. The third-order valence-corrected chi connectivity index (χ3v) is 2.99. The molecule has 7 nitrogen and oxygen atoms in total. The molecule has 90 valence electrons. The molecule has 0 aliphatic rings. The molecule has 0 aromatic rings. The van der Waals surface area contributed by atoms with Gasteiger partial charge in [0.2, 0.25) is 5.91 Å². The highest BCUT2D eigenvalue weighted by Gasteiger charge is 2.13. The molecule has 1 amide bonds. The summed E-state index contributed by atoms with van der Waals surface area (Å²) in [6.45, 7) is 0.482. The van der Waals surface area contributed by atoms with E-state index < -0.39 is 16.1 Å². The van der Waals surface area contributed by atoms with Crippen LogP contribution in [-0.4, -0.2) is 59.5 Å². The van der Waals surface area contributed by atoms with Crippen molar-refractivity contribution in [3.8, 4) is 0 Å². The van der Waals surface area contributed by atoms with Crippen LogP contribution in [0.3, 0.4) is 0 Å². The summed E-state index contributed by atoms with van der Waals surface area (Å²) < 4.78 is 30.2. The Morgan fingerprint density at radius 3 is 2.47 bits per heavy atom. The topological polar surface area (TPSA) is 87.7 Å². The lowest BCUT2D eigenvalue weighted by Crippen LogP contribution is -2.42. The monoisotopic (exact) mass is 239 g/mol. The molecule has 0 radical (unpaired) electrons. The maximum atomic E-state index is 11.2. The van der Waals surface area contributed by atoms with Crippen LogP contribution in [0.15, 0.2) is 0 Å². The number of ether oxygens (including phenoxy) is 1. The Kier molecular flexibility index (Phi) is 6.41. The molecule has 0 aromatic heterocycles. The molecule has 0 aromatic carbocycles. The summed E-state index contributed by atoms with van der Waals surface area (Å²) in [5.74, 6) is -0.391. The van der Waals surface area contributed by atoms with E-state index in [1.54, 1.807) is 0 Å². The van der Waals surface area contributed by atoms with Gasteiger partial charge in [0.1, 0.15) is 0 Å². The lowest BCUT2D eigenvalue weighted by atomic mass is 10.6. The highest BCUT2D eigenvalue weighted by Crippen LogP contribution is 1.86. The van der Waals surface area contributed by atoms with Gasteiger partial charge in [0.05, 0.1) is 13.2 Å². The fraction of sp³-hybridized carbons (Fsp3) is 0.857. The van der Waals surface area contributed by atoms with Gasteiger partial charge >= 0.3 is 0 Å². The van der Waals surface area contributed by atoms with Crippen molar-refractivity contribution in [1.29, 1.82) is 0 Å². The highest BCUT2D eigenvalue weighted by atomic mass is 32.2. The molecule has 0 bridgehead atoms. The molecule has 0 saturated heterocycles. The molecule has 0 aliphatic carbocycles. The summed E-state index contributed by atoms with van der Waals surface area (Å²) in [5, 5.41) is 2.49. The predicted molar refractivity (Wildman–Crippen MR) is 55.5 cm³/mol. The molecular formula is C7H17N3O4S. The Bertz CT molecular complexity index is 289. The number of amides is 1. The number of hydrogen-bond acceptors (Lipinski definition) is 4. The van der Waals surface area contributed by atoms with Crippen molar-refractivity contribution in [2.24, 2.45) is 0 Å². The summed E-state index contributed by atoms with van der Waals surface area (Å²) in [5.41, 5.74) is 0. The van der Waals surface area contributed by atoms with E-state index in [0.29, 0.717) is 13.2 Å². The van der Waals surface area contributed by atoms with E-state index in [1.165, 1.54) is 21.2 Å². The first-order valence-electron chi connectivity index (χ1n) is 4.33. The first kappa shape index (κ1) is 14.3. The summed E-state index contributed by atoms with van der Waals surface area (Å²) in [6.07, 6.45) is 0. The number of rotatable bonds is 7. The second kappa shape index (κ2) is 6.72. The van der Waals surface area contributed by atoms with Gasteiger partial charge in [-0.25, -0.2) is 0 Å². The molecule has 0 aliphatic heterocycles. The molecule has 0 unspecified atom stereocenters. The average Bonchev–Trinajstić information content (AvgIpc) is 2.15. The molecule has 2 N–H and O–H groups in total. The standard InChI is InChI=1S/C7H17N3O4S/c1-10(2)15(12,13)9-6-7(11)8-4-5-14-3/h9H,4-6H2,1-3H3,(H,8,11). The number of nitrogens with zero attached hydrogens (tertiary/aromatic N) is 1. The molecule has 0 saturated carbocycles. The first-order valence-corrected chi connectivity index (χ1v) is 5.77. The van der Waals surface area contributed by atoms with Crippen molar-refractivity contribution in [2.75, 3.05) is 40.9 Å². The largest absolute Gasteiger partial charge is 0.383 e. The predicted octanol–water partition coefficient (Wildman–Crippen LogP) is -1.85. The third-order valence-electron chi connectivity index (χ3n) is 1.52. The zero-order valence-electron chi connectivity index (χ0n) is 9.11. The van der Waals surface area contributed by atoms with Crippen LogP contribution < -0.4 is 10.0 Å². The SMILES string of the molecule is COCCNC(=O)CNS(=O)(=O)N(C)C. The van der Waals surface area contributed by atoms with Gasteiger partial charge in [-0.2, -0.15) is 17.4 Å². The van der Waals surface area contributed by atoms with Crippen molar-refractivity contribution in [1.82, 2.24) is 14.3 Å². The van der Waals surface area contributed by atoms with Gasteiger partial charge in [-0.3, -0.25) is 4.79 Å². The zero-order valence-corrected chi connectivity index (χ0v) is 9.93. The van der Waals surface area contributed by atoms with E-state index >= 15 is 0 Å². The van der Waals surface area contributed by atoms with E-state index in [1.807, 2.05) is 0 Å². The van der Waals surface area contributed by atoms with Crippen molar-refractivity contribution < 1.29 is 17.9 Å². The lowest BCUT2D eigenvalue weighted by Gasteiger charge is -2.12. The van der Waals surface area contributed by atoms with Gasteiger partial charge < -0.3 is 10.1 Å². The summed E-state index contributed by atoms with van der Waals surface area (Å²) in [7, 11) is 0.742. The van der Waals surface area contributed by atoms with Crippen LogP contribution in [0, 0.1) is 0 Å². The maximum Gasteiger partial charge on any atom is 0.279 e. The van der Waals surface area contributed by atoms with Gasteiger partial charge in [0.15, 0.2) is 0 Å². The Morgan fingerprint density at radius 1 is 1.40 bits per heavy atom. The molecule has 0 fully saturated rings. The number of nitrogens with one attached hydrogen (secondary N) is 2. The third kappa shape index (κ3) is 6.39. The molecule has 0 rings (SSSR count). The number of hydrogen-bond donors (Lipinski definition) is 2. The smallest absolute Gasteiger partial charge is 0.279 e. The van der Waals surface area contributed by atoms with E-state index in [2.05, 4.69) is 10.0 Å². The second-order valence-corrected chi connectivity index (χ2v) is 4.92. The minimum atomic E-state index is -3.53. The van der Waals surface area contributed by atoms with Crippen LogP contribution >= 0.6 is 0 Å². The Hall–Kier alpha value is -0.700. The number of carbonyl (C=O) groups excluding carboxylic acids is 1. The minimum Gasteiger partial charge on any atom is -0.383 e. The van der Waals surface area contributed by atoms with Gasteiger partial charge in [0.25, 0.3) is 10.2 Å². The Morgan fingerprint density at radius 2 is 2.00 bits per heavy atom. The van der Waals surface area contributed by atoms with Crippen LogP contribution in [-0.2, 0) is 19.7 Å². The van der Waals surface area contributed by atoms with Crippen molar-refractivity contribution in [2.45, 2.75) is 0 Å². The summed E-state index contributed by atoms with van der Waals surface area (Å²) >= 11 is 0. The van der Waals surface area contributed by atoms with Crippen molar-refractivity contribution in [3.63, 3.8) is 0 Å². The van der Waals surface area contributed by atoms with E-state index in [9.17, 15) is 13.2 Å². The van der Waals surface area contributed by atoms with Gasteiger partial charge in [-0.1, -0.05) is 0 Å². The van der Waals surface area contributed by atoms with E-state index in [4.69, 9.17) is 4.74 Å². The zero-order chi connectivity index (χ0) is 11.9. The van der Waals surface area contributed by atoms with Crippen molar-refractivity contribution in [3.05, 3.63) is 0 Å². The van der Waals surface area contributed by atoms with Crippen LogP contribution in [0.4, 0.5) is 0 Å². The second-order valence-electron chi connectivity index (χ2n) is 2.95. The summed E-state index contributed by atoms with van der Waals surface area (Å²) in [6, 6.07) is 0. The fourth-order valence-electron chi connectivity index (χ4n) is 0.641. The lowest BCUT2D eigenvalue weighted by molar-refractivity contribution is -0.120. The van der Waals surface area contributed by atoms with Gasteiger partial charge in [-0.15, -0.1) is 0 Å². The molecule has 0 heterocycles. The van der Waals surface area contributed by atoms with Crippen LogP contribution in [0.25, 0.3) is 0 Å². The van der Waals surface area contributed by atoms with E-state index in [-0.39, 0.29) is 6.54 Å². The number of carbonyl (C=O) groups is 1. The molecule has 15 heavy (non-hydrogen) atoms. The van der Waals surface area contributed by atoms with E-state index in [0.717, 1.165) is 4.31 Å². The molecule has 8 heteroatoms. The molecule has 0 atom stereocenters. The number of methoxy groups -OCH3 is 1. The maximum absolute atomic E-state index is 11.2. The quantitative estimate of drug-likeness (QED) is 0.510. The Labute approximate surface area is 90.0 Å². The normalized spacial score (nSPS) is 11.7. The first-order chi connectivity index (χ1) is 6.90. The van der Waals surface area contributed by atoms with Gasteiger partial charge in [0, 0.05) is 27.7 Å². The van der Waals surface area contributed by atoms with Crippen LogP contribution in [0.1, 0.15) is 0 Å². The van der Waals surface area contributed by atoms with Crippen LogP contribution in [0.5, 0.6) is 0 Å².